The number of aromatic nitrogens is 3. The molecule has 1 N–H and O–H groups in total. The Bertz CT molecular complexity index is 1000. The van der Waals surface area contributed by atoms with Crippen LogP contribution in [0, 0.1) is 12.7 Å². The first-order valence-electron chi connectivity index (χ1n) is 9.59. The van der Waals surface area contributed by atoms with E-state index in [0.29, 0.717) is 17.4 Å². The van der Waals surface area contributed by atoms with Crippen LogP contribution in [0.3, 0.4) is 0 Å². The van der Waals surface area contributed by atoms with E-state index in [-0.39, 0.29) is 7.24 Å². The fourth-order valence-corrected chi connectivity index (χ4v) is 3.45. The highest BCUT2D eigenvalue weighted by atomic mass is 19.1. The first-order valence-corrected chi connectivity index (χ1v) is 9.59. The molecule has 1 saturated heterocycles. The highest BCUT2D eigenvalue weighted by Gasteiger charge is 2.15. The third-order valence-electron chi connectivity index (χ3n) is 5.03. The van der Waals surface area contributed by atoms with Crippen molar-refractivity contribution in [1.82, 2.24) is 19.7 Å². The lowest BCUT2D eigenvalue weighted by molar-refractivity contribution is 0.313. The zero-order valence-corrected chi connectivity index (χ0v) is 16.9. The van der Waals surface area contributed by atoms with Crippen molar-refractivity contribution in [3.05, 3.63) is 54.1 Å². The van der Waals surface area contributed by atoms with Crippen molar-refractivity contribution >= 4 is 17.3 Å². The van der Waals surface area contributed by atoms with E-state index < -0.39 is 0 Å². The number of piperazine rings is 1. The van der Waals surface area contributed by atoms with Crippen LogP contribution >= 0.6 is 0 Å². The molecule has 0 radical (unpaired) electrons. The largest absolute Gasteiger partial charge is 0.497 e. The highest BCUT2D eigenvalue weighted by Crippen LogP contribution is 2.25. The van der Waals surface area contributed by atoms with E-state index in [1.807, 2.05) is 0 Å². The zero-order valence-electron chi connectivity index (χ0n) is 16.9. The minimum atomic E-state index is -0.389. The summed E-state index contributed by atoms with van der Waals surface area (Å²) in [5.41, 5.74) is 3.83. The number of nitrogens with one attached hydrogen (secondary N) is 1. The summed E-state index contributed by atoms with van der Waals surface area (Å²) in [6, 6.07) is 10.8. The summed E-state index contributed by atoms with van der Waals surface area (Å²) in [6.45, 7) is 6.21. The van der Waals surface area contributed by atoms with Crippen LogP contribution < -0.4 is 15.0 Å². The standard InChI is InChI=1S/C21H25FN6O.H2/c1-15-8-17(12-18(9-15)27-6-4-26(2)5-7-27)24-21-23-14-28(25-21)19-10-16(22)11-20(13-19)29-3;/h8-14H,4-7H2,1-3H3,(H,24,25);1H. The Balaban J connectivity index is 0.00000256. The molecule has 1 aliphatic rings. The van der Waals surface area contributed by atoms with E-state index >= 15 is 0 Å². The first kappa shape index (κ1) is 19.2. The van der Waals surface area contributed by atoms with Crippen LogP contribution in [-0.2, 0) is 0 Å². The van der Waals surface area contributed by atoms with E-state index in [1.165, 1.54) is 35.2 Å². The third-order valence-corrected chi connectivity index (χ3v) is 5.03. The molecule has 0 saturated carbocycles. The molecule has 2 heterocycles. The Hall–Kier alpha value is -3.13. The van der Waals surface area contributed by atoms with Gasteiger partial charge in [0.1, 0.15) is 17.9 Å². The Labute approximate surface area is 171 Å². The van der Waals surface area contributed by atoms with Gasteiger partial charge in [-0.15, -0.1) is 5.10 Å². The molecule has 4 rings (SSSR count). The lowest BCUT2D eigenvalue weighted by atomic mass is 10.1. The maximum absolute atomic E-state index is 13.8. The Morgan fingerprint density at radius 3 is 2.59 bits per heavy atom. The van der Waals surface area contributed by atoms with E-state index in [2.05, 4.69) is 57.4 Å². The number of likely N-dealkylation sites (N-methyl/N-ethyl adjacent to an activating group) is 1. The van der Waals surface area contributed by atoms with Crippen molar-refractivity contribution in [2.45, 2.75) is 6.92 Å². The number of rotatable bonds is 5. The second-order valence-electron chi connectivity index (χ2n) is 7.33. The van der Waals surface area contributed by atoms with Crippen molar-refractivity contribution < 1.29 is 10.6 Å². The molecule has 0 bridgehead atoms. The van der Waals surface area contributed by atoms with Crippen LogP contribution in [0.1, 0.15) is 6.99 Å². The number of benzene rings is 2. The summed E-state index contributed by atoms with van der Waals surface area (Å²) in [6.07, 6.45) is 1.55. The van der Waals surface area contributed by atoms with Crippen molar-refractivity contribution in [2.75, 3.05) is 50.6 Å². The van der Waals surface area contributed by atoms with Gasteiger partial charge in [-0.2, -0.15) is 4.98 Å². The van der Waals surface area contributed by atoms with Crippen molar-refractivity contribution in [1.29, 1.82) is 0 Å². The molecule has 0 spiro atoms. The minimum Gasteiger partial charge on any atom is -0.497 e. The van der Waals surface area contributed by atoms with Crippen LogP contribution in [0.25, 0.3) is 5.69 Å². The molecule has 0 atom stereocenters. The number of ether oxygens (including phenoxy) is 1. The van der Waals surface area contributed by atoms with Gasteiger partial charge in [0.15, 0.2) is 0 Å². The maximum atomic E-state index is 13.8. The SMILES string of the molecule is COc1cc(F)cc(-n2cnc(Nc3cc(C)cc(N4CCN(C)CC4)c3)n2)c1.[HH]. The molecule has 1 aromatic heterocycles. The van der Waals surface area contributed by atoms with E-state index in [9.17, 15) is 4.39 Å². The molecule has 0 amide bonds. The lowest BCUT2D eigenvalue weighted by Gasteiger charge is -2.34. The topological polar surface area (TPSA) is 58.5 Å². The van der Waals surface area contributed by atoms with Gasteiger partial charge in [-0.05, 0) is 43.8 Å². The average Bonchev–Trinajstić information content (AvgIpc) is 3.16. The molecular weight excluding hydrogens is 371 g/mol. The summed E-state index contributed by atoms with van der Waals surface area (Å²) in [5.74, 6) is 0.489. The fraction of sp³-hybridized carbons (Fsp3) is 0.333. The number of halogens is 1. The van der Waals surface area contributed by atoms with E-state index in [0.717, 1.165) is 31.9 Å². The van der Waals surface area contributed by atoms with Gasteiger partial charge in [-0.25, -0.2) is 9.07 Å². The number of anilines is 3. The fourth-order valence-electron chi connectivity index (χ4n) is 3.45. The Morgan fingerprint density at radius 1 is 1.03 bits per heavy atom. The van der Waals surface area contributed by atoms with E-state index in [1.54, 1.807) is 12.4 Å². The zero-order chi connectivity index (χ0) is 20.4. The molecule has 1 fully saturated rings. The molecule has 1 aliphatic heterocycles. The predicted molar refractivity (Wildman–Crippen MR) is 114 cm³/mol. The summed E-state index contributed by atoms with van der Waals surface area (Å²) in [7, 11) is 3.65. The van der Waals surface area contributed by atoms with Gasteiger partial charge in [0, 0.05) is 51.1 Å². The lowest BCUT2D eigenvalue weighted by Crippen LogP contribution is -2.44. The molecule has 7 nitrogen and oxygen atoms in total. The van der Waals surface area contributed by atoms with Crippen LogP contribution in [0.5, 0.6) is 5.75 Å². The van der Waals surface area contributed by atoms with Crippen LogP contribution in [0.4, 0.5) is 21.7 Å². The quantitative estimate of drug-likeness (QED) is 0.710. The smallest absolute Gasteiger partial charge is 0.246 e. The molecule has 29 heavy (non-hydrogen) atoms. The molecule has 0 aliphatic carbocycles. The van der Waals surface area contributed by atoms with Gasteiger partial charge < -0.3 is 19.9 Å². The average molecular weight is 398 g/mol. The molecule has 0 unspecified atom stereocenters. The number of hydrogen-bond donors (Lipinski definition) is 1. The maximum Gasteiger partial charge on any atom is 0.246 e. The summed E-state index contributed by atoms with van der Waals surface area (Å²) >= 11 is 0. The normalized spacial score (nSPS) is 14.8. The Morgan fingerprint density at radius 2 is 1.83 bits per heavy atom. The van der Waals surface area contributed by atoms with Crippen molar-refractivity contribution in [3.8, 4) is 11.4 Å². The highest BCUT2D eigenvalue weighted by molar-refractivity contribution is 5.64. The van der Waals surface area contributed by atoms with Crippen LogP contribution in [0.15, 0.2) is 42.7 Å². The third kappa shape index (κ3) is 4.48. The van der Waals surface area contributed by atoms with Gasteiger partial charge in [0.05, 0.1) is 12.8 Å². The molecule has 2 aromatic carbocycles. The second kappa shape index (κ2) is 8.08. The van der Waals surface area contributed by atoms with Crippen molar-refractivity contribution in [3.63, 3.8) is 0 Å². The van der Waals surface area contributed by atoms with Crippen LogP contribution in [0.2, 0.25) is 0 Å². The number of nitrogens with zero attached hydrogens (tertiary/aromatic N) is 5. The monoisotopic (exact) mass is 398 g/mol. The summed E-state index contributed by atoms with van der Waals surface area (Å²) < 4.78 is 20.4. The molecule has 8 heteroatoms. The van der Waals surface area contributed by atoms with Gasteiger partial charge in [0.2, 0.25) is 5.95 Å². The van der Waals surface area contributed by atoms with Gasteiger partial charge in [-0.1, -0.05) is 0 Å². The van der Waals surface area contributed by atoms with E-state index in [4.69, 9.17) is 4.74 Å². The predicted octanol–water partition coefficient (Wildman–Crippen LogP) is 3.46. The molecular formula is C21H27FN6O. The molecule has 154 valence electrons. The van der Waals surface area contributed by atoms with Crippen LogP contribution in [-0.4, -0.2) is 60.0 Å². The number of methoxy groups -OCH3 is 1. The van der Waals surface area contributed by atoms with Gasteiger partial charge in [-0.3, -0.25) is 0 Å². The number of aryl methyl sites for hydroxylation is 1. The first-order chi connectivity index (χ1) is 14.0. The van der Waals surface area contributed by atoms with Gasteiger partial charge >= 0.3 is 0 Å². The summed E-state index contributed by atoms with van der Waals surface area (Å²) in [4.78, 5) is 9.04. The number of hydrogen-bond acceptors (Lipinski definition) is 6. The minimum absolute atomic E-state index is 0. The Kier molecular flexibility index (Phi) is 5.35. The van der Waals surface area contributed by atoms with Gasteiger partial charge in [0.25, 0.3) is 0 Å². The van der Waals surface area contributed by atoms with Crippen molar-refractivity contribution in [2.24, 2.45) is 0 Å². The second-order valence-corrected chi connectivity index (χ2v) is 7.33. The molecule has 3 aromatic rings. The summed E-state index contributed by atoms with van der Waals surface area (Å²) in [5, 5.41) is 7.69.